The number of nitrogens with zero attached hydrogens (tertiary/aromatic N) is 1. The molecule has 0 aliphatic rings. The predicted molar refractivity (Wildman–Crippen MR) is 123 cm³/mol. The maximum Gasteiger partial charge on any atom is 0.277 e. The molecule has 0 aliphatic heterocycles. The van der Waals surface area contributed by atoms with Crippen molar-refractivity contribution in [1.82, 2.24) is 5.43 Å². The summed E-state index contributed by atoms with van der Waals surface area (Å²) in [5.41, 5.74) is 5.54. The van der Waals surface area contributed by atoms with E-state index in [2.05, 4.69) is 37.4 Å². The van der Waals surface area contributed by atoms with Gasteiger partial charge in [0.15, 0.2) is 6.61 Å². The number of ether oxygens (including phenoxy) is 2. The van der Waals surface area contributed by atoms with Gasteiger partial charge in [0, 0.05) is 5.56 Å². The van der Waals surface area contributed by atoms with E-state index in [1.807, 2.05) is 43.3 Å². The van der Waals surface area contributed by atoms with E-state index >= 15 is 0 Å². The van der Waals surface area contributed by atoms with Crippen LogP contribution in [0.4, 0.5) is 0 Å². The lowest BCUT2D eigenvalue weighted by molar-refractivity contribution is -0.123. The van der Waals surface area contributed by atoms with Gasteiger partial charge in [0.1, 0.15) is 11.5 Å². The van der Waals surface area contributed by atoms with E-state index in [0.717, 1.165) is 34.6 Å². The van der Waals surface area contributed by atoms with Crippen molar-refractivity contribution < 1.29 is 14.3 Å². The van der Waals surface area contributed by atoms with Crippen molar-refractivity contribution in [2.45, 2.75) is 59.3 Å². The fourth-order valence-electron chi connectivity index (χ4n) is 3.02. The maximum absolute atomic E-state index is 12.1. The zero-order chi connectivity index (χ0) is 21.8. The highest BCUT2D eigenvalue weighted by Gasteiger charge is 2.10. The van der Waals surface area contributed by atoms with Crippen molar-refractivity contribution in [3.05, 3.63) is 59.2 Å². The first kappa shape index (κ1) is 23.5. The molecule has 5 heteroatoms. The smallest absolute Gasteiger partial charge is 0.277 e. The van der Waals surface area contributed by atoms with Crippen LogP contribution in [0.25, 0.3) is 0 Å². The van der Waals surface area contributed by atoms with Crippen molar-refractivity contribution in [1.29, 1.82) is 0 Å². The number of hydrogen-bond donors (Lipinski definition) is 1. The van der Waals surface area contributed by atoms with E-state index in [1.165, 1.54) is 19.3 Å². The molecule has 162 valence electrons. The van der Waals surface area contributed by atoms with Gasteiger partial charge in [-0.2, -0.15) is 5.10 Å². The highest BCUT2D eigenvalue weighted by molar-refractivity contribution is 5.85. The SMILES string of the molecule is CCCCCCOc1ccccc1/C=N\NC(=O)COc1cc(C)ccc1C(C)C. The van der Waals surface area contributed by atoms with Crippen LogP contribution in [0, 0.1) is 6.92 Å². The lowest BCUT2D eigenvalue weighted by Crippen LogP contribution is -2.25. The second kappa shape index (κ2) is 12.7. The predicted octanol–water partition coefficient (Wildman–Crippen LogP) is 5.61. The van der Waals surface area contributed by atoms with Crippen LogP contribution in [0.15, 0.2) is 47.6 Å². The summed E-state index contributed by atoms with van der Waals surface area (Å²) in [7, 11) is 0. The largest absolute Gasteiger partial charge is 0.493 e. The first-order chi connectivity index (χ1) is 14.5. The van der Waals surface area contributed by atoms with E-state index < -0.39 is 0 Å². The minimum absolute atomic E-state index is 0.0872. The highest BCUT2D eigenvalue weighted by atomic mass is 16.5. The average Bonchev–Trinajstić information content (AvgIpc) is 2.73. The molecule has 0 atom stereocenters. The van der Waals surface area contributed by atoms with Gasteiger partial charge in [0.2, 0.25) is 0 Å². The summed E-state index contributed by atoms with van der Waals surface area (Å²) in [6, 6.07) is 13.7. The Bertz CT molecular complexity index is 831. The molecule has 30 heavy (non-hydrogen) atoms. The number of carbonyl (C=O) groups is 1. The molecule has 5 nitrogen and oxygen atoms in total. The van der Waals surface area contributed by atoms with Gasteiger partial charge in [-0.15, -0.1) is 0 Å². The summed E-state index contributed by atoms with van der Waals surface area (Å²) in [6.07, 6.45) is 6.23. The number of unbranched alkanes of at least 4 members (excludes halogenated alkanes) is 3. The second-order valence-corrected chi connectivity index (χ2v) is 7.72. The zero-order valence-corrected chi connectivity index (χ0v) is 18.6. The van der Waals surface area contributed by atoms with Crippen molar-refractivity contribution in [3.63, 3.8) is 0 Å². The molecule has 0 aliphatic carbocycles. The molecule has 2 rings (SSSR count). The Morgan fingerprint density at radius 3 is 2.63 bits per heavy atom. The van der Waals surface area contributed by atoms with Crippen LogP contribution in [0.5, 0.6) is 11.5 Å². The normalized spacial score (nSPS) is 11.1. The summed E-state index contributed by atoms with van der Waals surface area (Å²) < 4.78 is 11.6. The quantitative estimate of drug-likeness (QED) is 0.281. The lowest BCUT2D eigenvalue weighted by atomic mass is 10.0. The molecular formula is C25H34N2O3. The van der Waals surface area contributed by atoms with Crippen LogP contribution in [0.1, 0.15) is 69.1 Å². The van der Waals surface area contributed by atoms with Gasteiger partial charge in [-0.3, -0.25) is 4.79 Å². The third-order valence-corrected chi connectivity index (χ3v) is 4.72. The van der Waals surface area contributed by atoms with Crippen LogP contribution < -0.4 is 14.9 Å². The number of hydrogen-bond acceptors (Lipinski definition) is 4. The molecule has 1 N–H and O–H groups in total. The molecule has 2 aromatic rings. The Labute approximate surface area is 180 Å². The monoisotopic (exact) mass is 410 g/mol. The minimum atomic E-state index is -0.305. The molecule has 0 fully saturated rings. The summed E-state index contributed by atoms with van der Waals surface area (Å²) in [5.74, 6) is 1.52. The lowest BCUT2D eigenvalue weighted by Gasteiger charge is -2.14. The van der Waals surface area contributed by atoms with E-state index in [9.17, 15) is 4.79 Å². The van der Waals surface area contributed by atoms with Crippen molar-refractivity contribution in [2.75, 3.05) is 13.2 Å². The molecule has 2 aromatic carbocycles. The molecule has 0 radical (unpaired) electrons. The number of nitrogens with one attached hydrogen (secondary N) is 1. The standard InChI is InChI=1S/C25H34N2O3/c1-5-6-7-10-15-29-23-12-9-8-11-21(23)17-26-27-25(28)18-30-24-16-20(4)13-14-22(24)19(2)3/h8-9,11-14,16-17,19H,5-7,10,15,18H2,1-4H3,(H,27,28)/b26-17-. The Hall–Kier alpha value is -2.82. The van der Waals surface area contributed by atoms with Gasteiger partial charge in [0.05, 0.1) is 12.8 Å². The summed E-state index contributed by atoms with van der Waals surface area (Å²) in [5, 5.41) is 4.06. The van der Waals surface area contributed by atoms with Crippen molar-refractivity contribution in [2.24, 2.45) is 5.10 Å². The Morgan fingerprint density at radius 2 is 1.87 bits per heavy atom. The van der Waals surface area contributed by atoms with Gasteiger partial charge in [-0.25, -0.2) is 5.43 Å². The van der Waals surface area contributed by atoms with E-state index in [4.69, 9.17) is 9.47 Å². The maximum atomic E-state index is 12.1. The summed E-state index contributed by atoms with van der Waals surface area (Å²) >= 11 is 0. The van der Waals surface area contributed by atoms with Crippen LogP contribution >= 0.6 is 0 Å². The van der Waals surface area contributed by atoms with Gasteiger partial charge in [-0.05, 0) is 48.6 Å². The molecular weight excluding hydrogens is 376 g/mol. The van der Waals surface area contributed by atoms with Crippen molar-refractivity contribution in [3.8, 4) is 11.5 Å². The van der Waals surface area contributed by atoms with Gasteiger partial charge in [-0.1, -0.05) is 64.3 Å². The van der Waals surface area contributed by atoms with Crippen LogP contribution in [0.2, 0.25) is 0 Å². The van der Waals surface area contributed by atoms with Crippen LogP contribution in [-0.2, 0) is 4.79 Å². The number of rotatable bonds is 12. The molecule has 0 spiro atoms. The molecule has 0 unspecified atom stereocenters. The van der Waals surface area contributed by atoms with Gasteiger partial charge in [0.25, 0.3) is 5.91 Å². The molecule has 1 amide bonds. The zero-order valence-electron chi connectivity index (χ0n) is 18.6. The Kier molecular flexibility index (Phi) is 9.92. The molecule has 0 saturated carbocycles. The van der Waals surface area contributed by atoms with E-state index in [0.29, 0.717) is 12.5 Å². The van der Waals surface area contributed by atoms with E-state index in [-0.39, 0.29) is 12.5 Å². The topological polar surface area (TPSA) is 59.9 Å². The summed E-state index contributed by atoms with van der Waals surface area (Å²) in [6.45, 7) is 8.99. The van der Waals surface area contributed by atoms with Crippen molar-refractivity contribution >= 4 is 12.1 Å². The van der Waals surface area contributed by atoms with Gasteiger partial charge < -0.3 is 9.47 Å². The number of carbonyl (C=O) groups excluding carboxylic acids is 1. The Morgan fingerprint density at radius 1 is 1.07 bits per heavy atom. The summed E-state index contributed by atoms with van der Waals surface area (Å²) in [4.78, 5) is 12.1. The minimum Gasteiger partial charge on any atom is -0.493 e. The number of benzene rings is 2. The van der Waals surface area contributed by atoms with Crippen LogP contribution in [0.3, 0.4) is 0 Å². The first-order valence-corrected chi connectivity index (χ1v) is 10.8. The fraction of sp³-hybridized carbons (Fsp3) is 0.440. The number of para-hydroxylation sites is 1. The molecule has 0 aromatic heterocycles. The molecule has 0 saturated heterocycles. The molecule has 0 bridgehead atoms. The second-order valence-electron chi connectivity index (χ2n) is 7.72. The average molecular weight is 411 g/mol. The number of aryl methyl sites for hydroxylation is 1. The van der Waals surface area contributed by atoms with E-state index in [1.54, 1.807) is 6.21 Å². The van der Waals surface area contributed by atoms with Gasteiger partial charge >= 0.3 is 0 Å². The fourth-order valence-corrected chi connectivity index (χ4v) is 3.02. The third kappa shape index (κ3) is 7.90. The molecule has 0 heterocycles. The first-order valence-electron chi connectivity index (χ1n) is 10.8. The number of amides is 1. The van der Waals surface area contributed by atoms with Crippen LogP contribution in [-0.4, -0.2) is 25.3 Å². The number of hydrazone groups is 1. The Balaban J connectivity index is 1.86. The third-order valence-electron chi connectivity index (χ3n) is 4.72. The highest BCUT2D eigenvalue weighted by Crippen LogP contribution is 2.27.